The van der Waals surface area contributed by atoms with Crippen LogP contribution in [0.2, 0.25) is 15.1 Å². The molecule has 0 radical (unpaired) electrons. The standard InChI is InChI=1S/C25H26Cl3N6O3P/c1-16-4-6-19(15-21(16)27)32-38(36,33-10-12-37-13-11-33)23-17(2)31-34(9-3-8-29)24(23)30-25(35)20-7-5-18(26)14-22(20)28/h4-7,14-15H,3,9-13H2,1-2H3,(H,30,35)(H,32,36)/t38-/m1/s1. The predicted molar refractivity (Wildman–Crippen MR) is 151 cm³/mol. The van der Waals surface area contributed by atoms with Gasteiger partial charge in [-0.3, -0.25) is 9.36 Å². The molecule has 13 heteroatoms. The van der Waals surface area contributed by atoms with Crippen molar-refractivity contribution in [3.8, 4) is 6.07 Å². The summed E-state index contributed by atoms with van der Waals surface area (Å²) in [5.74, 6) is -0.313. The topological polar surface area (TPSA) is 112 Å². The number of morpholine rings is 1. The van der Waals surface area contributed by atoms with E-state index >= 15 is 4.57 Å². The minimum Gasteiger partial charge on any atom is -0.379 e. The molecule has 1 fully saturated rings. The zero-order valence-corrected chi connectivity index (χ0v) is 24.0. The van der Waals surface area contributed by atoms with Crippen LogP contribution in [-0.4, -0.2) is 46.7 Å². The molecule has 0 saturated carbocycles. The van der Waals surface area contributed by atoms with Gasteiger partial charge in [-0.2, -0.15) is 10.4 Å². The van der Waals surface area contributed by atoms with Gasteiger partial charge in [0.05, 0.1) is 48.5 Å². The quantitative estimate of drug-likeness (QED) is 0.312. The third kappa shape index (κ3) is 6.02. The van der Waals surface area contributed by atoms with Gasteiger partial charge in [-0.25, -0.2) is 9.35 Å². The van der Waals surface area contributed by atoms with Crippen molar-refractivity contribution >= 4 is 65.0 Å². The molecule has 1 aromatic heterocycles. The maximum Gasteiger partial charge on any atom is 0.272 e. The minimum atomic E-state index is -3.65. The maximum absolute atomic E-state index is 15.1. The number of carbonyl (C=O) groups excluding carboxylic acids is 1. The summed E-state index contributed by atoms with van der Waals surface area (Å²) in [5.41, 5.74) is 2.07. The summed E-state index contributed by atoms with van der Waals surface area (Å²) in [6.07, 6.45) is 0.133. The second-order valence-electron chi connectivity index (χ2n) is 8.71. The number of nitrogens with one attached hydrogen (secondary N) is 2. The molecule has 2 aromatic carbocycles. The van der Waals surface area contributed by atoms with Crippen molar-refractivity contribution in [2.24, 2.45) is 0 Å². The van der Waals surface area contributed by atoms with Crippen LogP contribution in [0.3, 0.4) is 0 Å². The number of rotatable bonds is 8. The van der Waals surface area contributed by atoms with E-state index in [9.17, 15) is 10.1 Å². The molecule has 38 heavy (non-hydrogen) atoms. The molecule has 1 saturated heterocycles. The molecule has 9 nitrogen and oxygen atoms in total. The van der Waals surface area contributed by atoms with Gasteiger partial charge in [-0.1, -0.05) is 40.9 Å². The highest BCUT2D eigenvalue weighted by Gasteiger charge is 2.40. The summed E-state index contributed by atoms with van der Waals surface area (Å²) in [7, 11) is -3.65. The summed E-state index contributed by atoms with van der Waals surface area (Å²) in [6, 6.07) is 12.0. The van der Waals surface area contributed by atoms with E-state index in [1.165, 1.54) is 16.8 Å². The first-order valence-corrected chi connectivity index (χ1v) is 14.6. The number of halogens is 3. The van der Waals surface area contributed by atoms with Crippen LogP contribution in [0.5, 0.6) is 0 Å². The van der Waals surface area contributed by atoms with E-state index in [0.29, 0.717) is 53.0 Å². The number of nitrogens with zero attached hydrogens (tertiary/aromatic N) is 4. The highest BCUT2D eigenvalue weighted by molar-refractivity contribution is 7.71. The van der Waals surface area contributed by atoms with Gasteiger partial charge < -0.3 is 15.1 Å². The number of hydrogen-bond acceptors (Lipinski definition) is 5. The summed E-state index contributed by atoms with van der Waals surface area (Å²) < 4.78 is 23.9. The smallest absolute Gasteiger partial charge is 0.272 e. The third-order valence-corrected chi connectivity index (χ3v) is 9.93. The van der Waals surface area contributed by atoms with Crippen LogP contribution in [0.1, 0.15) is 28.0 Å². The summed E-state index contributed by atoms with van der Waals surface area (Å²) in [4.78, 5) is 13.4. The minimum absolute atomic E-state index is 0.133. The molecule has 0 spiro atoms. The number of nitriles is 1. The van der Waals surface area contributed by atoms with Crippen LogP contribution >= 0.6 is 42.2 Å². The van der Waals surface area contributed by atoms with E-state index in [0.717, 1.165) is 5.56 Å². The van der Waals surface area contributed by atoms with Gasteiger partial charge in [0, 0.05) is 28.8 Å². The van der Waals surface area contributed by atoms with Crippen LogP contribution in [0.15, 0.2) is 36.4 Å². The van der Waals surface area contributed by atoms with Gasteiger partial charge in [-0.05, 0) is 49.7 Å². The van der Waals surface area contributed by atoms with E-state index in [2.05, 4.69) is 21.6 Å². The molecule has 1 aliphatic rings. The Hall–Kier alpha value is -2.57. The SMILES string of the molecule is Cc1ccc(N[P@](=O)(c2c(C)nn(CCC#N)c2NC(=O)c2ccc(Cl)cc2Cl)N2CCOCC2)cc1Cl. The lowest BCUT2D eigenvalue weighted by Gasteiger charge is -2.35. The Morgan fingerprint density at radius 2 is 1.87 bits per heavy atom. The fraction of sp³-hybridized carbons (Fsp3) is 0.320. The summed E-state index contributed by atoms with van der Waals surface area (Å²) >= 11 is 18.7. The second-order valence-corrected chi connectivity index (χ2v) is 12.3. The molecule has 200 valence electrons. The average Bonchev–Trinajstić information content (AvgIpc) is 3.20. The number of aromatic nitrogens is 2. The van der Waals surface area contributed by atoms with Crippen molar-refractivity contribution < 1.29 is 14.1 Å². The number of amides is 1. The maximum atomic E-state index is 15.1. The molecule has 0 aliphatic carbocycles. The first-order valence-electron chi connectivity index (χ1n) is 11.8. The van der Waals surface area contributed by atoms with Crippen molar-refractivity contribution in [2.75, 3.05) is 36.7 Å². The molecule has 0 bridgehead atoms. The van der Waals surface area contributed by atoms with Gasteiger partial charge in [0.15, 0.2) is 0 Å². The molecule has 3 aromatic rings. The second kappa shape index (κ2) is 12.1. The van der Waals surface area contributed by atoms with Gasteiger partial charge >= 0.3 is 0 Å². The normalized spacial score (nSPS) is 15.5. The van der Waals surface area contributed by atoms with E-state index in [1.807, 2.05) is 17.7 Å². The van der Waals surface area contributed by atoms with E-state index < -0.39 is 13.4 Å². The Bertz CT molecular complexity index is 1450. The fourth-order valence-corrected chi connectivity index (χ4v) is 7.53. The molecular formula is C25H26Cl3N6O3P. The van der Waals surface area contributed by atoms with Crippen LogP contribution in [0.4, 0.5) is 11.5 Å². The average molecular weight is 596 g/mol. The van der Waals surface area contributed by atoms with E-state index in [4.69, 9.17) is 39.5 Å². The summed E-state index contributed by atoms with van der Waals surface area (Å²) in [6.45, 7) is 5.35. The highest BCUT2D eigenvalue weighted by atomic mass is 35.5. The van der Waals surface area contributed by atoms with Crippen molar-refractivity contribution in [2.45, 2.75) is 26.8 Å². The predicted octanol–water partition coefficient (Wildman–Crippen LogP) is 5.89. The molecule has 0 unspecified atom stereocenters. The van der Waals surface area contributed by atoms with E-state index in [-0.39, 0.29) is 29.4 Å². The molecule has 4 rings (SSSR count). The number of carbonyl (C=O) groups is 1. The first kappa shape index (κ1) is 28.4. The largest absolute Gasteiger partial charge is 0.379 e. The van der Waals surface area contributed by atoms with Crippen LogP contribution in [-0.2, 0) is 15.8 Å². The highest BCUT2D eigenvalue weighted by Crippen LogP contribution is 2.51. The summed E-state index contributed by atoms with van der Waals surface area (Å²) in [5, 5.41) is 21.3. The van der Waals surface area contributed by atoms with Crippen LogP contribution in [0, 0.1) is 25.2 Å². The van der Waals surface area contributed by atoms with Gasteiger partial charge in [0.25, 0.3) is 13.4 Å². The van der Waals surface area contributed by atoms with Crippen molar-refractivity contribution in [1.82, 2.24) is 14.5 Å². The Kier molecular flexibility index (Phi) is 9.04. The molecule has 1 atom stereocenters. The Morgan fingerprint density at radius 3 is 2.53 bits per heavy atom. The van der Waals surface area contributed by atoms with Crippen LogP contribution in [0.25, 0.3) is 0 Å². The molecule has 1 aliphatic heterocycles. The molecule has 2 N–H and O–H groups in total. The third-order valence-electron chi connectivity index (χ3n) is 6.08. The lowest BCUT2D eigenvalue weighted by molar-refractivity contribution is 0.0729. The molecule has 2 heterocycles. The monoisotopic (exact) mass is 594 g/mol. The Balaban J connectivity index is 1.85. The van der Waals surface area contributed by atoms with E-state index in [1.54, 1.807) is 25.1 Å². The first-order chi connectivity index (χ1) is 18.1. The lowest BCUT2D eigenvalue weighted by atomic mass is 10.2. The van der Waals surface area contributed by atoms with Gasteiger partial charge in [-0.15, -0.1) is 0 Å². The van der Waals surface area contributed by atoms with Crippen molar-refractivity contribution in [3.05, 3.63) is 68.3 Å². The van der Waals surface area contributed by atoms with Gasteiger partial charge in [0.2, 0.25) is 0 Å². The van der Waals surface area contributed by atoms with Crippen molar-refractivity contribution in [3.63, 3.8) is 0 Å². The fourth-order valence-electron chi connectivity index (χ4n) is 4.17. The number of benzene rings is 2. The zero-order valence-electron chi connectivity index (χ0n) is 20.8. The number of hydrogen-bond donors (Lipinski definition) is 2. The number of anilines is 2. The lowest BCUT2D eigenvalue weighted by Crippen LogP contribution is -2.40. The number of ether oxygens (including phenoxy) is 1. The Labute approximate surface area is 236 Å². The van der Waals surface area contributed by atoms with Crippen molar-refractivity contribution in [1.29, 1.82) is 5.26 Å². The number of aryl methyl sites for hydroxylation is 3. The zero-order chi connectivity index (χ0) is 27.4. The molecule has 1 amide bonds. The van der Waals surface area contributed by atoms with Crippen LogP contribution < -0.4 is 15.7 Å². The van der Waals surface area contributed by atoms with Gasteiger partial charge in [0.1, 0.15) is 11.1 Å². The Morgan fingerprint density at radius 1 is 1.13 bits per heavy atom. The molecular weight excluding hydrogens is 570 g/mol.